The number of esters is 1. The van der Waals surface area contributed by atoms with Crippen LogP contribution in [0.15, 0.2) is 65.4 Å². The highest BCUT2D eigenvalue weighted by Crippen LogP contribution is 2.21. The van der Waals surface area contributed by atoms with Crippen LogP contribution < -0.4 is 10.1 Å². The van der Waals surface area contributed by atoms with Crippen molar-refractivity contribution >= 4 is 23.6 Å². The summed E-state index contributed by atoms with van der Waals surface area (Å²) in [6.07, 6.45) is 1.65. The number of methoxy groups -OCH3 is 1. The fraction of sp³-hybridized carbons (Fsp3) is 0.227. The summed E-state index contributed by atoms with van der Waals surface area (Å²) in [6.45, 7) is 1.95. The highest BCUT2D eigenvalue weighted by Gasteiger charge is 2.27. The first-order chi connectivity index (χ1) is 15.0. The van der Waals surface area contributed by atoms with Crippen LogP contribution in [0.4, 0.5) is 14.9 Å². The van der Waals surface area contributed by atoms with Crippen LogP contribution in [0.1, 0.15) is 5.56 Å². The number of nitrogens with one attached hydrogen (secondary N) is 1. The second-order valence-corrected chi connectivity index (χ2v) is 7.02. The minimum Gasteiger partial charge on any atom is -0.497 e. The third-order valence-electron chi connectivity index (χ3n) is 4.92. The molecule has 8 nitrogen and oxygen atoms in total. The van der Waals surface area contributed by atoms with Gasteiger partial charge in [-0.2, -0.15) is 0 Å². The summed E-state index contributed by atoms with van der Waals surface area (Å²) >= 11 is 0. The topological polar surface area (TPSA) is 83.5 Å². The number of halogens is 1. The van der Waals surface area contributed by atoms with Crippen LogP contribution in [-0.2, 0) is 9.53 Å². The normalized spacial score (nSPS) is 17.4. The number of hydrogen-bond donors (Lipinski definition) is 1. The summed E-state index contributed by atoms with van der Waals surface area (Å²) in [5.41, 5.74) is 1.26. The number of urea groups is 1. The number of anilines is 1. The molecule has 9 heteroatoms. The molecule has 160 valence electrons. The molecule has 0 aromatic heterocycles. The van der Waals surface area contributed by atoms with Gasteiger partial charge in [0.15, 0.2) is 5.70 Å². The van der Waals surface area contributed by atoms with E-state index in [9.17, 15) is 14.0 Å². The zero-order chi connectivity index (χ0) is 21.8. The van der Waals surface area contributed by atoms with E-state index >= 15 is 0 Å². The average Bonchev–Trinajstić information content (AvgIpc) is 3.14. The molecule has 1 N–H and O–H groups in total. The molecule has 0 bridgehead atoms. The van der Waals surface area contributed by atoms with E-state index in [1.807, 2.05) is 4.90 Å². The van der Waals surface area contributed by atoms with E-state index in [1.54, 1.807) is 48.5 Å². The first kappa shape index (κ1) is 20.4. The first-order valence-corrected chi connectivity index (χ1v) is 9.74. The molecular weight excluding hydrogens is 403 g/mol. The van der Waals surface area contributed by atoms with Gasteiger partial charge in [-0.05, 0) is 36.4 Å². The molecule has 1 fully saturated rings. The first-order valence-electron chi connectivity index (χ1n) is 9.74. The van der Waals surface area contributed by atoms with Crippen LogP contribution in [0, 0.1) is 5.82 Å². The molecule has 2 aromatic rings. The van der Waals surface area contributed by atoms with E-state index in [0.29, 0.717) is 43.2 Å². The number of benzene rings is 2. The second-order valence-electron chi connectivity index (χ2n) is 7.02. The van der Waals surface area contributed by atoms with E-state index in [4.69, 9.17) is 9.47 Å². The summed E-state index contributed by atoms with van der Waals surface area (Å²) in [4.78, 5) is 32.5. The molecule has 0 atom stereocenters. The number of ether oxygens (including phenoxy) is 2. The Hall–Kier alpha value is -3.88. The predicted octanol–water partition coefficient (Wildman–Crippen LogP) is 2.83. The summed E-state index contributed by atoms with van der Waals surface area (Å²) in [5, 5.41) is 2.69. The lowest BCUT2D eigenvalue weighted by molar-refractivity contribution is -0.130. The van der Waals surface area contributed by atoms with Crippen molar-refractivity contribution in [2.45, 2.75) is 0 Å². The number of rotatable bonds is 4. The van der Waals surface area contributed by atoms with Crippen molar-refractivity contribution in [3.63, 3.8) is 0 Å². The zero-order valence-electron chi connectivity index (χ0n) is 16.9. The van der Waals surface area contributed by atoms with Gasteiger partial charge in [-0.25, -0.2) is 19.0 Å². The van der Waals surface area contributed by atoms with Crippen molar-refractivity contribution in [2.24, 2.45) is 4.99 Å². The van der Waals surface area contributed by atoms with Crippen LogP contribution in [0.25, 0.3) is 0 Å². The van der Waals surface area contributed by atoms with Crippen molar-refractivity contribution in [3.8, 4) is 5.75 Å². The fourth-order valence-electron chi connectivity index (χ4n) is 3.27. The molecule has 4 rings (SSSR count). The smallest absolute Gasteiger partial charge is 0.365 e. The Morgan fingerprint density at radius 1 is 1.16 bits per heavy atom. The van der Waals surface area contributed by atoms with Gasteiger partial charge in [0.1, 0.15) is 11.6 Å². The number of hydrogen-bond acceptors (Lipinski definition) is 6. The lowest BCUT2D eigenvalue weighted by Gasteiger charge is -2.34. The number of amides is 2. The van der Waals surface area contributed by atoms with E-state index in [0.717, 1.165) is 0 Å². The number of carbonyl (C=O) groups is 2. The van der Waals surface area contributed by atoms with E-state index in [-0.39, 0.29) is 17.6 Å². The van der Waals surface area contributed by atoms with Gasteiger partial charge in [0, 0.05) is 43.6 Å². The Morgan fingerprint density at radius 2 is 1.94 bits per heavy atom. The highest BCUT2D eigenvalue weighted by atomic mass is 19.1. The summed E-state index contributed by atoms with van der Waals surface area (Å²) in [5.74, 6) is -0.0692. The number of carbonyl (C=O) groups excluding carboxylic acids is 2. The average molecular weight is 424 g/mol. The van der Waals surface area contributed by atoms with Gasteiger partial charge in [-0.3, -0.25) is 0 Å². The molecule has 0 spiro atoms. The van der Waals surface area contributed by atoms with Crippen LogP contribution in [0.2, 0.25) is 0 Å². The predicted molar refractivity (Wildman–Crippen MR) is 112 cm³/mol. The molecule has 1 saturated heterocycles. The molecule has 0 saturated carbocycles. The number of aliphatic imine (C=N–C) groups is 1. The maximum absolute atomic E-state index is 13.3. The molecule has 2 amide bonds. The number of nitrogens with zero attached hydrogens (tertiary/aromatic N) is 3. The lowest BCUT2D eigenvalue weighted by Crippen LogP contribution is -2.48. The highest BCUT2D eigenvalue weighted by molar-refractivity contribution is 6.11. The minimum atomic E-state index is -0.524. The third-order valence-corrected chi connectivity index (χ3v) is 4.92. The van der Waals surface area contributed by atoms with Gasteiger partial charge in [0.05, 0.1) is 7.11 Å². The molecule has 31 heavy (non-hydrogen) atoms. The minimum absolute atomic E-state index is 0.204. The van der Waals surface area contributed by atoms with Gasteiger partial charge < -0.3 is 24.6 Å². The zero-order valence-corrected chi connectivity index (χ0v) is 16.9. The van der Waals surface area contributed by atoms with E-state index in [2.05, 4.69) is 10.3 Å². The lowest BCUT2D eigenvalue weighted by atomic mass is 10.2. The summed E-state index contributed by atoms with van der Waals surface area (Å²) in [6, 6.07) is 12.6. The Morgan fingerprint density at radius 3 is 2.68 bits per heavy atom. The molecule has 2 aliphatic rings. The van der Waals surface area contributed by atoms with Gasteiger partial charge >= 0.3 is 12.0 Å². The SMILES string of the molecule is COc1cccc(C2=NC(=CN3CCN(C(=O)Nc4cccc(F)c4)CC3)C(=O)O2)c1. The Balaban J connectivity index is 1.36. The van der Waals surface area contributed by atoms with Gasteiger partial charge in [-0.1, -0.05) is 12.1 Å². The molecule has 2 aliphatic heterocycles. The molecule has 0 aliphatic carbocycles. The van der Waals surface area contributed by atoms with Crippen molar-refractivity contribution in [1.82, 2.24) is 9.80 Å². The van der Waals surface area contributed by atoms with Crippen LogP contribution in [0.5, 0.6) is 5.75 Å². The van der Waals surface area contributed by atoms with Gasteiger partial charge in [0.2, 0.25) is 5.90 Å². The van der Waals surface area contributed by atoms with Crippen LogP contribution >= 0.6 is 0 Å². The van der Waals surface area contributed by atoms with Crippen molar-refractivity contribution < 1.29 is 23.5 Å². The van der Waals surface area contributed by atoms with E-state index in [1.165, 1.54) is 18.2 Å². The van der Waals surface area contributed by atoms with Crippen LogP contribution in [-0.4, -0.2) is 61.0 Å². The Labute approximate surface area is 178 Å². The molecule has 0 unspecified atom stereocenters. The molecule has 0 radical (unpaired) electrons. The maximum Gasteiger partial charge on any atom is 0.365 e. The van der Waals surface area contributed by atoms with E-state index < -0.39 is 11.8 Å². The molecular formula is C22H21FN4O4. The number of piperazine rings is 1. The van der Waals surface area contributed by atoms with Gasteiger partial charge in [-0.15, -0.1) is 0 Å². The molecule has 2 heterocycles. The largest absolute Gasteiger partial charge is 0.497 e. The standard InChI is InChI=1S/C22H21FN4O4/c1-30-18-7-2-4-15(12-18)20-25-19(21(28)31-20)14-26-8-10-27(11-9-26)22(29)24-17-6-3-5-16(23)13-17/h2-7,12-14H,8-11H2,1H3,(H,24,29). The van der Waals surface area contributed by atoms with Crippen molar-refractivity contribution in [3.05, 3.63) is 71.8 Å². The monoisotopic (exact) mass is 424 g/mol. The van der Waals surface area contributed by atoms with Crippen molar-refractivity contribution in [1.29, 1.82) is 0 Å². The quantitative estimate of drug-likeness (QED) is 0.603. The van der Waals surface area contributed by atoms with Crippen molar-refractivity contribution in [2.75, 3.05) is 38.6 Å². The second kappa shape index (κ2) is 8.86. The summed E-state index contributed by atoms with van der Waals surface area (Å²) < 4.78 is 23.8. The maximum atomic E-state index is 13.3. The molecule has 2 aromatic carbocycles. The Kier molecular flexibility index (Phi) is 5.83. The third kappa shape index (κ3) is 4.82. The summed E-state index contributed by atoms with van der Waals surface area (Å²) in [7, 11) is 1.56. The Bertz CT molecular complexity index is 1060. The fourth-order valence-corrected chi connectivity index (χ4v) is 3.27. The van der Waals surface area contributed by atoms with Gasteiger partial charge in [0.25, 0.3) is 0 Å². The van der Waals surface area contributed by atoms with Crippen LogP contribution in [0.3, 0.4) is 0 Å². The number of cyclic esters (lactones) is 1.